The lowest BCUT2D eigenvalue weighted by molar-refractivity contribution is 0.112. The number of rotatable bonds is 3. The van der Waals surface area contributed by atoms with Gasteiger partial charge in [-0.1, -0.05) is 20.8 Å². The summed E-state index contributed by atoms with van der Waals surface area (Å²) in [6, 6.07) is 2.05. The topological polar surface area (TPSA) is 26.3 Å². The molecule has 1 aliphatic carbocycles. The number of hydrogen-bond acceptors (Lipinski definition) is 3. The summed E-state index contributed by atoms with van der Waals surface area (Å²) in [5.74, 6) is 0. The maximum Gasteiger partial charge on any atom is 0.192 e. The zero-order valence-corrected chi connectivity index (χ0v) is 14.4. The number of hydrogen-bond donors (Lipinski definition) is 0. The molecule has 1 aromatic rings. The highest BCUT2D eigenvalue weighted by Gasteiger charge is 2.40. The van der Waals surface area contributed by atoms with Gasteiger partial charge < -0.3 is 4.43 Å². The zero-order valence-electron chi connectivity index (χ0n) is 12.6. The van der Waals surface area contributed by atoms with Gasteiger partial charge in [-0.3, -0.25) is 4.79 Å². The molecular formula is C15H24O2SSi. The van der Waals surface area contributed by atoms with Gasteiger partial charge in [-0.15, -0.1) is 11.3 Å². The molecule has 1 aliphatic rings. The van der Waals surface area contributed by atoms with Crippen LogP contribution in [0.2, 0.25) is 18.1 Å². The van der Waals surface area contributed by atoms with Crippen LogP contribution in [0.4, 0.5) is 0 Å². The molecule has 2 nitrogen and oxygen atoms in total. The van der Waals surface area contributed by atoms with Gasteiger partial charge in [0.1, 0.15) is 0 Å². The van der Waals surface area contributed by atoms with E-state index in [1.807, 2.05) is 6.07 Å². The third-order valence-electron chi connectivity index (χ3n) is 4.44. The predicted octanol–water partition coefficient (Wildman–Crippen LogP) is 4.96. The minimum absolute atomic E-state index is 0.203. The fourth-order valence-electron chi connectivity index (χ4n) is 2.25. The van der Waals surface area contributed by atoms with E-state index in [0.717, 1.165) is 24.0 Å². The third-order valence-corrected chi connectivity index (χ3v) is 10.1. The Morgan fingerprint density at radius 3 is 2.68 bits per heavy atom. The summed E-state index contributed by atoms with van der Waals surface area (Å²) >= 11 is 1.64. The lowest BCUT2D eigenvalue weighted by atomic mass is 9.96. The smallest absolute Gasteiger partial charge is 0.192 e. The molecule has 19 heavy (non-hydrogen) atoms. The number of carbonyl (C=O) groups is 1. The van der Waals surface area contributed by atoms with Crippen LogP contribution in [0.3, 0.4) is 0 Å². The molecule has 0 N–H and O–H groups in total. The van der Waals surface area contributed by atoms with E-state index in [1.165, 1.54) is 16.9 Å². The van der Waals surface area contributed by atoms with E-state index in [-0.39, 0.29) is 11.1 Å². The van der Waals surface area contributed by atoms with Gasteiger partial charge in [0.25, 0.3) is 0 Å². The van der Waals surface area contributed by atoms with Gasteiger partial charge in [0, 0.05) is 4.88 Å². The van der Waals surface area contributed by atoms with E-state index >= 15 is 0 Å². The quantitative estimate of drug-likeness (QED) is 0.582. The Labute approximate surface area is 121 Å². The van der Waals surface area contributed by atoms with Crippen LogP contribution >= 0.6 is 11.3 Å². The van der Waals surface area contributed by atoms with Crippen LogP contribution in [0, 0.1) is 0 Å². The molecule has 0 fully saturated rings. The second kappa shape index (κ2) is 5.15. The second-order valence-electron chi connectivity index (χ2n) is 6.90. The molecule has 0 spiro atoms. The van der Waals surface area contributed by atoms with Crippen molar-refractivity contribution in [2.75, 3.05) is 0 Å². The van der Waals surface area contributed by atoms with Gasteiger partial charge in [-0.2, -0.15) is 0 Å². The van der Waals surface area contributed by atoms with Crippen molar-refractivity contribution in [2.45, 2.75) is 64.3 Å². The number of thiophene rings is 1. The molecule has 2 rings (SSSR count). The number of aryl methyl sites for hydroxylation is 1. The standard InChI is InChI=1S/C15H24O2SSi/c1-15(2,3)19(4,5)17-13-7-6-8-14-12(13)9-11(10-16)18-14/h9-10,13H,6-8H2,1-5H3. The maximum atomic E-state index is 11.0. The second-order valence-corrected chi connectivity index (χ2v) is 12.8. The number of aldehydes is 1. The summed E-state index contributed by atoms with van der Waals surface area (Å²) in [4.78, 5) is 13.2. The fraction of sp³-hybridized carbons (Fsp3) is 0.667. The molecule has 0 radical (unpaired) electrons. The molecule has 106 valence electrons. The van der Waals surface area contributed by atoms with Crippen molar-refractivity contribution in [3.05, 3.63) is 21.4 Å². The minimum atomic E-state index is -1.75. The molecule has 0 aromatic carbocycles. The summed E-state index contributed by atoms with van der Waals surface area (Å²) in [5.41, 5.74) is 1.28. The van der Waals surface area contributed by atoms with Crippen LogP contribution in [0.5, 0.6) is 0 Å². The SMILES string of the molecule is CC(C)(C)[Si](C)(C)OC1CCCc2sc(C=O)cc21. The van der Waals surface area contributed by atoms with Crippen LogP contribution in [0.1, 0.15) is 59.8 Å². The van der Waals surface area contributed by atoms with Crippen molar-refractivity contribution in [3.63, 3.8) is 0 Å². The van der Waals surface area contributed by atoms with E-state index in [9.17, 15) is 4.79 Å². The number of carbonyl (C=O) groups excluding carboxylic acids is 1. The zero-order chi connectivity index (χ0) is 14.3. The predicted molar refractivity (Wildman–Crippen MR) is 83.7 cm³/mol. The van der Waals surface area contributed by atoms with Gasteiger partial charge in [-0.25, -0.2) is 0 Å². The van der Waals surface area contributed by atoms with Crippen LogP contribution in [0.15, 0.2) is 6.07 Å². The molecule has 0 amide bonds. The van der Waals surface area contributed by atoms with E-state index in [4.69, 9.17) is 4.43 Å². The molecular weight excluding hydrogens is 272 g/mol. The normalized spacial score (nSPS) is 20.2. The Hall–Kier alpha value is -0.453. The van der Waals surface area contributed by atoms with Crippen molar-refractivity contribution in [1.29, 1.82) is 0 Å². The molecule has 0 aliphatic heterocycles. The van der Waals surface area contributed by atoms with Crippen LogP contribution in [0.25, 0.3) is 0 Å². The Bertz CT molecular complexity index is 471. The molecule has 0 saturated carbocycles. The van der Waals surface area contributed by atoms with E-state index < -0.39 is 8.32 Å². The summed E-state index contributed by atoms with van der Waals surface area (Å²) in [6.07, 6.45) is 4.53. The first-order valence-electron chi connectivity index (χ1n) is 7.00. The molecule has 1 atom stereocenters. The summed E-state index contributed by atoms with van der Waals surface area (Å²) in [7, 11) is -1.75. The molecule has 0 bridgehead atoms. The van der Waals surface area contributed by atoms with Crippen LogP contribution in [-0.2, 0) is 10.8 Å². The highest BCUT2D eigenvalue weighted by atomic mass is 32.1. The summed E-state index contributed by atoms with van der Waals surface area (Å²) in [5, 5.41) is 0.230. The summed E-state index contributed by atoms with van der Waals surface area (Å²) in [6.45, 7) is 11.4. The largest absolute Gasteiger partial charge is 0.410 e. The van der Waals surface area contributed by atoms with Gasteiger partial charge in [0.15, 0.2) is 14.6 Å². The van der Waals surface area contributed by atoms with E-state index in [1.54, 1.807) is 11.3 Å². The van der Waals surface area contributed by atoms with E-state index in [2.05, 4.69) is 33.9 Å². The van der Waals surface area contributed by atoms with Gasteiger partial charge >= 0.3 is 0 Å². The third kappa shape index (κ3) is 3.01. The molecule has 1 aromatic heterocycles. The van der Waals surface area contributed by atoms with Crippen LogP contribution in [-0.4, -0.2) is 14.6 Å². The highest BCUT2D eigenvalue weighted by Crippen LogP contribution is 2.44. The van der Waals surface area contributed by atoms with Crippen molar-refractivity contribution in [2.24, 2.45) is 0 Å². The first-order chi connectivity index (χ1) is 8.74. The van der Waals surface area contributed by atoms with Crippen molar-refractivity contribution in [1.82, 2.24) is 0 Å². The van der Waals surface area contributed by atoms with E-state index in [0.29, 0.717) is 0 Å². The lowest BCUT2D eigenvalue weighted by Gasteiger charge is -2.40. The van der Waals surface area contributed by atoms with Crippen molar-refractivity contribution in [3.8, 4) is 0 Å². The monoisotopic (exact) mass is 296 g/mol. The van der Waals surface area contributed by atoms with Gasteiger partial charge in [0.05, 0.1) is 11.0 Å². The Morgan fingerprint density at radius 1 is 1.42 bits per heavy atom. The Morgan fingerprint density at radius 2 is 2.11 bits per heavy atom. The molecule has 4 heteroatoms. The van der Waals surface area contributed by atoms with Crippen molar-refractivity contribution >= 4 is 25.9 Å². The average Bonchev–Trinajstić information content (AvgIpc) is 2.71. The van der Waals surface area contributed by atoms with Gasteiger partial charge in [0.2, 0.25) is 0 Å². The molecule has 1 unspecified atom stereocenters. The highest BCUT2D eigenvalue weighted by molar-refractivity contribution is 7.13. The number of fused-ring (bicyclic) bond motifs is 1. The molecule has 1 heterocycles. The van der Waals surface area contributed by atoms with Crippen LogP contribution < -0.4 is 0 Å². The maximum absolute atomic E-state index is 11.0. The van der Waals surface area contributed by atoms with Crippen molar-refractivity contribution < 1.29 is 9.22 Å². The Kier molecular flexibility index (Phi) is 4.05. The fourth-order valence-corrected chi connectivity index (χ4v) is 4.63. The van der Waals surface area contributed by atoms with Gasteiger partial charge in [-0.05, 0) is 49.0 Å². The first-order valence-corrected chi connectivity index (χ1v) is 10.7. The summed E-state index contributed by atoms with van der Waals surface area (Å²) < 4.78 is 6.56. The molecule has 0 saturated heterocycles. The minimum Gasteiger partial charge on any atom is -0.410 e. The lowest BCUT2D eigenvalue weighted by Crippen LogP contribution is -2.42. The average molecular weight is 297 g/mol. The Balaban J connectivity index is 2.24. The first kappa shape index (κ1) is 14.9.